The van der Waals surface area contributed by atoms with Crippen LogP contribution in [0.4, 0.5) is 0 Å². The zero-order valence-corrected chi connectivity index (χ0v) is 12.3. The van der Waals surface area contributed by atoms with Crippen molar-refractivity contribution in [2.45, 2.75) is 31.4 Å². The molecular formula is C12H22N2O4S. The van der Waals surface area contributed by atoms with Crippen LogP contribution in [-0.4, -0.2) is 66.0 Å². The van der Waals surface area contributed by atoms with Gasteiger partial charge in [0.25, 0.3) is 0 Å². The summed E-state index contributed by atoms with van der Waals surface area (Å²) in [4.78, 5) is 24.6. The Morgan fingerprint density at radius 2 is 2.05 bits per heavy atom. The molecule has 7 heteroatoms. The number of nitrogens with one attached hydrogen (secondary N) is 1. The first-order valence-corrected chi connectivity index (χ1v) is 6.94. The molecule has 1 saturated heterocycles. The van der Waals surface area contributed by atoms with Crippen LogP contribution in [0.5, 0.6) is 0 Å². The lowest BCUT2D eigenvalue weighted by Gasteiger charge is -2.36. The van der Waals surface area contributed by atoms with Crippen molar-refractivity contribution in [3.05, 3.63) is 0 Å². The normalized spacial score (nSPS) is 19.6. The molecule has 19 heavy (non-hydrogen) atoms. The number of hydrogen-bond acceptors (Lipinski definition) is 5. The van der Waals surface area contributed by atoms with E-state index in [0.717, 1.165) is 0 Å². The maximum absolute atomic E-state index is 12.1. The van der Waals surface area contributed by atoms with Gasteiger partial charge >= 0.3 is 0 Å². The van der Waals surface area contributed by atoms with E-state index in [9.17, 15) is 14.7 Å². The average Bonchev–Trinajstić information content (AvgIpc) is 2.35. The van der Waals surface area contributed by atoms with E-state index in [1.807, 2.05) is 0 Å². The third kappa shape index (κ3) is 5.00. The summed E-state index contributed by atoms with van der Waals surface area (Å²) in [7, 11) is 1.62. The molecule has 1 heterocycles. The standard InChI is InChI=1S/C12H22N2O4S/c1-9(15)13-10(7-19)11(16)14(2)8-12(17)3-5-18-6-4-12/h10,17,19H,3-8H2,1-2H3,(H,13,15). The van der Waals surface area contributed by atoms with Gasteiger partial charge in [0.1, 0.15) is 6.04 Å². The third-order valence-electron chi connectivity index (χ3n) is 3.19. The van der Waals surface area contributed by atoms with Crippen molar-refractivity contribution in [1.29, 1.82) is 0 Å². The zero-order valence-electron chi connectivity index (χ0n) is 11.4. The second-order valence-corrected chi connectivity index (χ2v) is 5.33. The fourth-order valence-corrected chi connectivity index (χ4v) is 2.37. The molecule has 1 atom stereocenters. The largest absolute Gasteiger partial charge is 0.388 e. The molecule has 0 bridgehead atoms. The molecule has 110 valence electrons. The lowest BCUT2D eigenvalue weighted by atomic mass is 9.94. The Morgan fingerprint density at radius 3 is 2.53 bits per heavy atom. The molecule has 1 aliphatic rings. The highest BCUT2D eigenvalue weighted by atomic mass is 32.1. The maximum atomic E-state index is 12.1. The van der Waals surface area contributed by atoms with Gasteiger partial charge in [0.05, 0.1) is 5.60 Å². The number of nitrogens with zero attached hydrogens (tertiary/aromatic N) is 1. The van der Waals surface area contributed by atoms with Gasteiger partial charge in [-0.2, -0.15) is 12.6 Å². The van der Waals surface area contributed by atoms with Crippen LogP contribution in [0, 0.1) is 0 Å². The SMILES string of the molecule is CC(=O)NC(CS)C(=O)N(C)CC1(O)CCOCC1. The smallest absolute Gasteiger partial charge is 0.245 e. The number of carbonyl (C=O) groups is 2. The highest BCUT2D eigenvalue weighted by Crippen LogP contribution is 2.21. The molecule has 1 unspecified atom stereocenters. The molecule has 1 fully saturated rings. The van der Waals surface area contributed by atoms with E-state index < -0.39 is 11.6 Å². The predicted molar refractivity (Wildman–Crippen MR) is 74.1 cm³/mol. The Morgan fingerprint density at radius 1 is 1.47 bits per heavy atom. The summed E-state index contributed by atoms with van der Waals surface area (Å²) in [5.41, 5.74) is -0.903. The Labute approximate surface area is 118 Å². The second-order valence-electron chi connectivity index (χ2n) is 4.97. The van der Waals surface area contributed by atoms with Gasteiger partial charge < -0.3 is 20.1 Å². The van der Waals surface area contributed by atoms with Gasteiger partial charge in [-0.3, -0.25) is 9.59 Å². The van der Waals surface area contributed by atoms with Crippen molar-refractivity contribution in [3.63, 3.8) is 0 Å². The quantitative estimate of drug-likeness (QED) is 0.592. The van der Waals surface area contributed by atoms with E-state index in [-0.39, 0.29) is 24.1 Å². The minimum Gasteiger partial charge on any atom is -0.388 e. The number of ether oxygens (including phenoxy) is 1. The number of likely N-dealkylation sites (N-methyl/N-ethyl adjacent to an activating group) is 1. The van der Waals surface area contributed by atoms with E-state index in [2.05, 4.69) is 17.9 Å². The number of thiol groups is 1. The molecule has 0 aromatic rings. The summed E-state index contributed by atoms with van der Waals surface area (Å²) in [5.74, 6) is -0.291. The number of amides is 2. The van der Waals surface area contributed by atoms with Gasteiger partial charge in [0, 0.05) is 52.3 Å². The molecule has 0 radical (unpaired) electrons. The molecule has 0 saturated carbocycles. The number of rotatable bonds is 5. The first-order chi connectivity index (χ1) is 8.88. The van der Waals surface area contributed by atoms with Crippen LogP contribution in [0.1, 0.15) is 19.8 Å². The first-order valence-electron chi connectivity index (χ1n) is 6.31. The van der Waals surface area contributed by atoms with Crippen LogP contribution in [0.3, 0.4) is 0 Å². The summed E-state index contributed by atoms with van der Waals surface area (Å²) in [6.07, 6.45) is 1.02. The van der Waals surface area contributed by atoms with Crippen LogP contribution in [-0.2, 0) is 14.3 Å². The second kappa shape index (κ2) is 7.12. The van der Waals surface area contributed by atoms with Crippen molar-refractivity contribution >= 4 is 24.4 Å². The van der Waals surface area contributed by atoms with Crippen LogP contribution < -0.4 is 5.32 Å². The first kappa shape index (κ1) is 16.3. The fourth-order valence-electron chi connectivity index (χ4n) is 2.13. The van der Waals surface area contributed by atoms with E-state index in [1.165, 1.54) is 11.8 Å². The molecular weight excluding hydrogens is 268 g/mol. The summed E-state index contributed by atoms with van der Waals surface area (Å²) in [6, 6.07) is -0.658. The zero-order chi connectivity index (χ0) is 14.5. The van der Waals surface area contributed by atoms with Gasteiger partial charge in [-0.15, -0.1) is 0 Å². The van der Waals surface area contributed by atoms with E-state index in [0.29, 0.717) is 26.1 Å². The van der Waals surface area contributed by atoms with Crippen LogP contribution in [0.2, 0.25) is 0 Å². The molecule has 1 rings (SSSR count). The number of hydrogen-bond donors (Lipinski definition) is 3. The maximum Gasteiger partial charge on any atom is 0.245 e. The number of aliphatic hydroxyl groups is 1. The van der Waals surface area contributed by atoms with Crippen LogP contribution >= 0.6 is 12.6 Å². The molecule has 0 aromatic carbocycles. The molecule has 1 aliphatic heterocycles. The molecule has 6 nitrogen and oxygen atoms in total. The van der Waals surface area contributed by atoms with Crippen LogP contribution in [0.15, 0.2) is 0 Å². The lowest BCUT2D eigenvalue weighted by Crippen LogP contribution is -2.53. The van der Waals surface area contributed by atoms with E-state index >= 15 is 0 Å². The minimum atomic E-state index is -0.903. The van der Waals surface area contributed by atoms with Crippen molar-refractivity contribution in [3.8, 4) is 0 Å². The van der Waals surface area contributed by atoms with Crippen molar-refractivity contribution in [2.24, 2.45) is 0 Å². The minimum absolute atomic E-state index is 0.226. The average molecular weight is 290 g/mol. The molecule has 0 spiro atoms. The van der Waals surface area contributed by atoms with E-state index in [4.69, 9.17) is 4.74 Å². The lowest BCUT2D eigenvalue weighted by molar-refractivity contribution is -0.140. The molecule has 2 N–H and O–H groups in total. The Balaban J connectivity index is 2.57. The highest BCUT2D eigenvalue weighted by Gasteiger charge is 2.33. The van der Waals surface area contributed by atoms with Crippen LogP contribution in [0.25, 0.3) is 0 Å². The van der Waals surface area contributed by atoms with Crippen molar-refractivity contribution in [2.75, 3.05) is 32.6 Å². The highest BCUT2D eigenvalue weighted by molar-refractivity contribution is 7.80. The van der Waals surface area contributed by atoms with E-state index in [1.54, 1.807) is 7.05 Å². The summed E-state index contributed by atoms with van der Waals surface area (Å²) in [5, 5.41) is 12.9. The van der Waals surface area contributed by atoms with Crippen molar-refractivity contribution < 1.29 is 19.4 Å². The monoisotopic (exact) mass is 290 g/mol. The van der Waals surface area contributed by atoms with Gasteiger partial charge in [-0.1, -0.05) is 0 Å². The van der Waals surface area contributed by atoms with Gasteiger partial charge in [0.15, 0.2) is 0 Å². The third-order valence-corrected chi connectivity index (χ3v) is 3.55. The van der Waals surface area contributed by atoms with Gasteiger partial charge in [-0.25, -0.2) is 0 Å². The Bertz CT molecular complexity index is 332. The summed E-state index contributed by atoms with van der Waals surface area (Å²) in [6.45, 7) is 2.59. The number of carbonyl (C=O) groups excluding carboxylic acids is 2. The Kier molecular flexibility index (Phi) is 6.09. The summed E-state index contributed by atoms with van der Waals surface area (Å²) >= 11 is 4.07. The Hall–Kier alpha value is -0.790. The van der Waals surface area contributed by atoms with Gasteiger partial charge in [-0.05, 0) is 0 Å². The molecule has 0 aromatic heterocycles. The predicted octanol–water partition coefficient (Wildman–Crippen LogP) is -0.579. The van der Waals surface area contributed by atoms with Gasteiger partial charge in [0.2, 0.25) is 11.8 Å². The fraction of sp³-hybridized carbons (Fsp3) is 0.833. The molecule has 0 aliphatic carbocycles. The molecule has 2 amide bonds. The van der Waals surface area contributed by atoms with Crippen molar-refractivity contribution in [1.82, 2.24) is 10.2 Å². The summed E-state index contributed by atoms with van der Waals surface area (Å²) < 4.78 is 5.20. The topological polar surface area (TPSA) is 78.9 Å².